The number of aldehydes is 1. The number of hydrogen-bond acceptors (Lipinski definition) is 9. The quantitative estimate of drug-likeness (QED) is 0.132. The molecule has 0 spiro atoms. The molecule has 0 unspecified atom stereocenters. The van der Waals surface area contributed by atoms with Gasteiger partial charge < -0.3 is 22.2 Å². The summed E-state index contributed by atoms with van der Waals surface area (Å²) in [6, 6.07) is 0. The molecule has 2 aromatic rings. The summed E-state index contributed by atoms with van der Waals surface area (Å²) in [4.78, 5) is 23.5. The second kappa shape index (κ2) is 29.2. The standard InChI is InChI=1S/C9H7N3OS.C4H10S.C3H8N3.C3H7N.C2H6.Rh/c1-6-2-10-3-7(12-6)8-4-11-9(5-13)14-8;1-3-4-5-2;1-6-2-3(4)5;1-2-3-4;1-2;/h2-5H,1H3;3-4H2,1-2H3;2,6H,1H3,(H3,4,5);2-3H,4H2,1H3;1-2H3;/q;;-1;;;/b;;;3-2+;;. The molecule has 0 saturated heterocycles. The van der Waals surface area contributed by atoms with Crippen LogP contribution >= 0.6 is 23.1 Å². The van der Waals surface area contributed by atoms with Gasteiger partial charge in [0.05, 0.1) is 16.8 Å². The van der Waals surface area contributed by atoms with Crippen LogP contribution in [0.5, 0.6) is 0 Å². The Morgan fingerprint density at radius 2 is 1.94 bits per heavy atom. The smallest absolute Gasteiger partial charge is 0.178 e. The number of carbonyl (C=O) groups is 1. The van der Waals surface area contributed by atoms with Gasteiger partial charge in [0.15, 0.2) is 11.3 Å². The van der Waals surface area contributed by atoms with Crippen LogP contribution in [0.15, 0.2) is 30.9 Å². The third kappa shape index (κ3) is 24.5. The molecule has 8 nitrogen and oxygen atoms in total. The van der Waals surface area contributed by atoms with E-state index in [2.05, 4.69) is 33.4 Å². The van der Waals surface area contributed by atoms with Crippen LogP contribution in [0, 0.1) is 18.9 Å². The summed E-state index contributed by atoms with van der Waals surface area (Å²) < 4.78 is 0. The van der Waals surface area contributed by atoms with Gasteiger partial charge in [-0.05, 0) is 51.4 Å². The topological polar surface area (TPSA) is 144 Å². The number of thioether (sulfide) groups is 1. The van der Waals surface area contributed by atoms with E-state index in [4.69, 9.17) is 16.9 Å². The van der Waals surface area contributed by atoms with Gasteiger partial charge in [0.2, 0.25) is 0 Å². The van der Waals surface area contributed by atoms with Gasteiger partial charge >= 0.3 is 0 Å². The van der Waals surface area contributed by atoms with Crippen molar-refractivity contribution in [3.8, 4) is 10.6 Å². The largest absolute Gasteiger partial charge is 0.450 e. The summed E-state index contributed by atoms with van der Waals surface area (Å²) in [5.74, 6) is 1.36. The fourth-order valence-electron chi connectivity index (χ4n) is 1.40. The van der Waals surface area contributed by atoms with Crippen molar-refractivity contribution in [1.82, 2.24) is 20.3 Å². The molecule has 32 heavy (non-hydrogen) atoms. The summed E-state index contributed by atoms with van der Waals surface area (Å²) in [5, 5.41) is 9.61. The molecule has 0 amide bonds. The van der Waals surface area contributed by atoms with Crippen LogP contribution in [-0.2, 0) is 19.5 Å². The van der Waals surface area contributed by atoms with E-state index in [0.29, 0.717) is 5.01 Å². The van der Waals surface area contributed by atoms with Crippen LogP contribution in [0.25, 0.3) is 10.6 Å². The van der Waals surface area contributed by atoms with Crippen molar-refractivity contribution in [2.24, 2.45) is 11.5 Å². The van der Waals surface area contributed by atoms with Crippen molar-refractivity contribution >= 4 is 35.2 Å². The summed E-state index contributed by atoms with van der Waals surface area (Å²) in [7, 11) is 1.70. The molecule has 0 saturated carbocycles. The number of carbonyl (C=O) groups excluding carboxylic acids is 1. The number of rotatable bonds is 6. The van der Waals surface area contributed by atoms with Gasteiger partial charge in [0.1, 0.15) is 5.69 Å². The van der Waals surface area contributed by atoms with Gasteiger partial charge in [-0.25, -0.2) is 9.97 Å². The molecule has 2 heterocycles. The average molecular weight is 572 g/mol. The second-order valence-electron chi connectivity index (χ2n) is 5.13. The van der Waals surface area contributed by atoms with E-state index in [-0.39, 0.29) is 25.3 Å². The SMILES string of the molecule is C/C=C/N.CC.CCCSC.CN[CH-]C(=N)N.Cc1cncc(-c2cnc(C=O)s2)n1.[Rh]. The maximum Gasteiger partial charge on any atom is 0.178 e. The van der Waals surface area contributed by atoms with Crippen molar-refractivity contribution < 1.29 is 24.3 Å². The van der Waals surface area contributed by atoms with E-state index in [1.807, 2.05) is 39.5 Å². The Balaban J connectivity index is -0.000000184. The van der Waals surface area contributed by atoms with Crippen LogP contribution in [-0.4, -0.2) is 46.1 Å². The number of allylic oxidation sites excluding steroid dienone is 1. The number of nitrogens with zero attached hydrogens (tertiary/aromatic N) is 3. The van der Waals surface area contributed by atoms with Gasteiger partial charge in [-0.3, -0.25) is 16.3 Å². The van der Waals surface area contributed by atoms with Gasteiger partial charge in [0.25, 0.3) is 0 Å². The normalized spacial score (nSPS) is 8.47. The molecule has 11 heteroatoms. The molecule has 1 radical (unpaired) electrons. The minimum atomic E-state index is 0. The van der Waals surface area contributed by atoms with E-state index in [9.17, 15) is 4.79 Å². The molecule has 0 fully saturated rings. The molecular weight excluding hydrogens is 533 g/mol. The van der Waals surface area contributed by atoms with Crippen LogP contribution < -0.4 is 16.8 Å². The van der Waals surface area contributed by atoms with E-state index >= 15 is 0 Å². The molecule has 0 aliphatic rings. The third-order valence-corrected chi connectivity index (χ3v) is 4.29. The maximum absolute atomic E-state index is 10.4. The molecular formula is C21H38N7ORhS2-. The molecule has 185 valence electrons. The number of aromatic nitrogens is 3. The molecule has 0 aliphatic heterocycles. The third-order valence-electron chi connectivity index (χ3n) is 2.53. The van der Waals surface area contributed by atoms with Crippen molar-refractivity contribution in [3.63, 3.8) is 0 Å². The number of amidine groups is 1. The van der Waals surface area contributed by atoms with Crippen molar-refractivity contribution in [3.05, 3.63) is 48.1 Å². The zero-order valence-corrected chi connectivity index (χ0v) is 23.3. The first-order chi connectivity index (χ1) is 14.9. The van der Waals surface area contributed by atoms with Crippen molar-refractivity contribution in [2.75, 3.05) is 19.1 Å². The first kappa shape index (κ1) is 37.5. The predicted molar refractivity (Wildman–Crippen MR) is 138 cm³/mol. The number of thiazole rings is 1. The summed E-state index contributed by atoms with van der Waals surface area (Å²) in [5.41, 5.74) is 11.3. The Morgan fingerprint density at radius 3 is 2.22 bits per heavy atom. The van der Waals surface area contributed by atoms with Crippen molar-refractivity contribution in [2.45, 2.75) is 41.0 Å². The number of nitrogens with two attached hydrogens (primary N) is 2. The van der Waals surface area contributed by atoms with Crippen LogP contribution in [0.2, 0.25) is 0 Å². The Bertz CT molecular complexity index is 707. The zero-order chi connectivity index (χ0) is 24.5. The van der Waals surface area contributed by atoms with E-state index in [0.717, 1.165) is 22.6 Å². The Hall–Kier alpha value is -1.81. The number of likely N-dealkylation sites (N-methyl/N-ethyl adjacent to an activating group) is 1. The van der Waals surface area contributed by atoms with Crippen LogP contribution in [0.1, 0.15) is 49.6 Å². The molecule has 2 rings (SSSR count). The number of hydrogen-bond donors (Lipinski definition) is 4. The van der Waals surface area contributed by atoms with Crippen molar-refractivity contribution in [1.29, 1.82) is 5.41 Å². The number of aryl methyl sites for hydroxylation is 1. The number of nitrogens with one attached hydrogen (secondary N) is 2. The van der Waals surface area contributed by atoms with E-state index < -0.39 is 0 Å². The fraction of sp³-hybridized carbons (Fsp3) is 0.429. The molecule has 0 aromatic carbocycles. The Labute approximate surface area is 214 Å². The summed E-state index contributed by atoms with van der Waals surface area (Å²) in [6.07, 6.45) is 12.4. The predicted octanol–water partition coefficient (Wildman–Crippen LogP) is 4.29. The fourth-order valence-corrected chi connectivity index (χ4v) is 2.50. The second-order valence-corrected chi connectivity index (χ2v) is 7.18. The first-order valence-corrected chi connectivity index (χ1v) is 12.0. The van der Waals surface area contributed by atoms with Gasteiger partial charge in [-0.2, -0.15) is 11.8 Å². The zero-order valence-electron chi connectivity index (χ0n) is 20.0. The summed E-state index contributed by atoms with van der Waals surface area (Å²) >= 11 is 3.21. The van der Waals surface area contributed by atoms with E-state index in [1.54, 1.807) is 31.7 Å². The average Bonchev–Trinajstić information content (AvgIpc) is 3.26. The molecule has 0 atom stereocenters. The Kier molecular flexibility index (Phi) is 34.2. The molecule has 2 aromatic heterocycles. The molecule has 6 N–H and O–H groups in total. The van der Waals surface area contributed by atoms with Crippen LogP contribution in [0.3, 0.4) is 0 Å². The van der Waals surface area contributed by atoms with Gasteiger partial charge in [-0.1, -0.05) is 26.8 Å². The maximum atomic E-state index is 10.4. The van der Waals surface area contributed by atoms with Crippen LogP contribution in [0.4, 0.5) is 0 Å². The van der Waals surface area contributed by atoms with Gasteiger partial charge in [0, 0.05) is 31.9 Å². The molecule has 0 bridgehead atoms. The first-order valence-electron chi connectivity index (χ1n) is 9.76. The van der Waals surface area contributed by atoms with E-state index in [1.165, 1.54) is 36.3 Å². The summed E-state index contributed by atoms with van der Waals surface area (Å²) in [6.45, 7) is 11.3. The Morgan fingerprint density at radius 1 is 1.34 bits per heavy atom. The van der Waals surface area contributed by atoms with Gasteiger partial charge in [-0.15, -0.1) is 11.3 Å². The minimum Gasteiger partial charge on any atom is -0.450 e. The molecule has 0 aliphatic carbocycles. The minimum absolute atomic E-state index is 0. The monoisotopic (exact) mass is 571 g/mol.